The molecule has 0 spiro atoms. The molecular weight excluding hydrogens is 432 g/mol. The van der Waals surface area contributed by atoms with Gasteiger partial charge in [0.15, 0.2) is 5.96 Å². The molecule has 1 aromatic rings. The van der Waals surface area contributed by atoms with E-state index in [0.717, 1.165) is 37.5 Å². The number of hydrogen-bond donors (Lipinski definition) is 3. The van der Waals surface area contributed by atoms with Gasteiger partial charge in [-0.25, -0.2) is 9.38 Å². The Morgan fingerprint density at radius 1 is 1.28 bits per heavy atom. The Kier molecular flexibility index (Phi) is 12.9. The van der Waals surface area contributed by atoms with Gasteiger partial charge in [-0.3, -0.25) is 0 Å². The number of benzene rings is 1. The molecule has 0 amide bonds. The van der Waals surface area contributed by atoms with E-state index in [1.807, 2.05) is 13.0 Å². The summed E-state index contributed by atoms with van der Waals surface area (Å²) in [5.74, 6) is 1.59. The molecular formula is C19H33FIN3O. The molecule has 0 aliphatic carbocycles. The second-order valence-electron chi connectivity index (χ2n) is 6.67. The van der Waals surface area contributed by atoms with Gasteiger partial charge in [-0.15, -0.1) is 24.0 Å². The number of guanidine groups is 1. The van der Waals surface area contributed by atoms with Gasteiger partial charge in [-0.05, 0) is 55.7 Å². The maximum Gasteiger partial charge on any atom is 0.191 e. The number of hydrogen-bond acceptors (Lipinski definition) is 2. The highest BCUT2D eigenvalue weighted by atomic mass is 127. The van der Waals surface area contributed by atoms with Crippen LogP contribution >= 0.6 is 24.0 Å². The lowest BCUT2D eigenvalue weighted by Gasteiger charge is -2.20. The molecule has 1 aromatic carbocycles. The summed E-state index contributed by atoms with van der Waals surface area (Å²) in [6.07, 6.45) is 1.87. The molecule has 3 N–H and O–H groups in total. The summed E-state index contributed by atoms with van der Waals surface area (Å²) in [5, 5.41) is 15.8. The molecule has 0 bridgehead atoms. The minimum absolute atomic E-state index is 0. The van der Waals surface area contributed by atoms with Crippen molar-refractivity contribution >= 4 is 29.9 Å². The molecule has 0 radical (unpaired) electrons. The zero-order valence-corrected chi connectivity index (χ0v) is 18.1. The van der Waals surface area contributed by atoms with Crippen molar-refractivity contribution in [3.05, 3.63) is 35.1 Å². The number of aliphatic hydroxyl groups excluding tert-OH is 1. The van der Waals surface area contributed by atoms with E-state index in [0.29, 0.717) is 23.9 Å². The Morgan fingerprint density at radius 3 is 2.56 bits per heavy atom. The van der Waals surface area contributed by atoms with E-state index in [-0.39, 0.29) is 36.4 Å². The third kappa shape index (κ3) is 9.99. The van der Waals surface area contributed by atoms with Crippen LogP contribution in [0.15, 0.2) is 23.2 Å². The quantitative estimate of drug-likeness (QED) is 0.295. The number of nitrogens with one attached hydrogen (secondary N) is 2. The number of nitrogens with zero attached hydrogens (tertiary/aromatic N) is 1. The number of aliphatic imine (C=N–C) groups is 1. The zero-order chi connectivity index (χ0) is 17.9. The highest BCUT2D eigenvalue weighted by Crippen LogP contribution is 2.14. The highest BCUT2D eigenvalue weighted by Gasteiger charge is 2.11. The molecule has 0 aromatic heterocycles. The molecule has 0 aliphatic rings. The lowest BCUT2D eigenvalue weighted by molar-refractivity contribution is 0.243. The van der Waals surface area contributed by atoms with Gasteiger partial charge in [0.05, 0.1) is 6.54 Å². The molecule has 4 nitrogen and oxygen atoms in total. The third-order valence-electron chi connectivity index (χ3n) is 3.89. The van der Waals surface area contributed by atoms with Crippen molar-refractivity contribution in [2.75, 3.05) is 19.7 Å². The molecule has 0 saturated heterocycles. The first-order chi connectivity index (χ1) is 11.5. The predicted octanol–water partition coefficient (Wildman–Crippen LogP) is 3.85. The van der Waals surface area contributed by atoms with Crippen molar-refractivity contribution in [2.24, 2.45) is 16.8 Å². The van der Waals surface area contributed by atoms with Crippen LogP contribution in [-0.2, 0) is 6.54 Å². The Hall–Kier alpha value is -0.890. The van der Waals surface area contributed by atoms with Gasteiger partial charge in [-0.2, -0.15) is 0 Å². The number of aryl methyl sites for hydroxylation is 1. The molecule has 1 unspecified atom stereocenters. The smallest absolute Gasteiger partial charge is 0.191 e. The molecule has 0 heterocycles. The highest BCUT2D eigenvalue weighted by molar-refractivity contribution is 14.0. The van der Waals surface area contributed by atoms with E-state index in [4.69, 9.17) is 0 Å². The fourth-order valence-corrected chi connectivity index (χ4v) is 2.71. The van der Waals surface area contributed by atoms with Crippen molar-refractivity contribution in [3.8, 4) is 0 Å². The van der Waals surface area contributed by atoms with Crippen molar-refractivity contribution in [2.45, 2.75) is 47.1 Å². The Bertz CT molecular complexity index is 523. The van der Waals surface area contributed by atoms with Gasteiger partial charge in [0.2, 0.25) is 0 Å². The summed E-state index contributed by atoms with van der Waals surface area (Å²) in [4.78, 5) is 4.58. The maximum absolute atomic E-state index is 13.3. The van der Waals surface area contributed by atoms with Gasteiger partial charge < -0.3 is 15.7 Å². The molecule has 144 valence electrons. The first kappa shape index (κ1) is 24.1. The van der Waals surface area contributed by atoms with Crippen LogP contribution in [0.3, 0.4) is 0 Å². The largest absolute Gasteiger partial charge is 0.396 e. The summed E-state index contributed by atoms with van der Waals surface area (Å²) < 4.78 is 13.3. The van der Waals surface area contributed by atoms with E-state index < -0.39 is 0 Å². The summed E-state index contributed by atoms with van der Waals surface area (Å²) in [5.41, 5.74) is 1.63. The second kappa shape index (κ2) is 13.3. The molecule has 0 aliphatic heterocycles. The van der Waals surface area contributed by atoms with E-state index in [2.05, 4.69) is 29.5 Å². The van der Waals surface area contributed by atoms with Crippen LogP contribution in [0.4, 0.5) is 4.39 Å². The number of aliphatic hydroxyl groups is 1. The molecule has 25 heavy (non-hydrogen) atoms. The summed E-state index contributed by atoms with van der Waals surface area (Å²) in [6, 6.07) is 5.08. The summed E-state index contributed by atoms with van der Waals surface area (Å²) in [6.45, 7) is 10.5. The van der Waals surface area contributed by atoms with Crippen molar-refractivity contribution in [1.82, 2.24) is 10.6 Å². The van der Waals surface area contributed by atoms with Crippen LogP contribution in [-0.4, -0.2) is 30.8 Å². The molecule has 1 atom stereocenters. The van der Waals surface area contributed by atoms with Crippen molar-refractivity contribution in [1.29, 1.82) is 0 Å². The lowest BCUT2D eigenvalue weighted by atomic mass is 9.94. The van der Waals surface area contributed by atoms with Crippen LogP contribution < -0.4 is 10.6 Å². The monoisotopic (exact) mass is 465 g/mol. The number of rotatable bonds is 9. The predicted molar refractivity (Wildman–Crippen MR) is 114 cm³/mol. The van der Waals surface area contributed by atoms with Gasteiger partial charge in [0, 0.05) is 19.7 Å². The minimum Gasteiger partial charge on any atom is -0.396 e. The molecule has 1 rings (SSSR count). The third-order valence-corrected chi connectivity index (χ3v) is 3.89. The standard InChI is InChI=1S/C19H32FN3O.HI/c1-5-21-19(23-13-17(8-9-24)10-14(2)3)22-12-16-6-7-18(20)15(4)11-16;/h6-7,11,14,17,24H,5,8-10,12-13H2,1-4H3,(H2,21,22,23);1H. The normalized spacial score (nSPS) is 12.7. The molecule has 0 saturated carbocycles. The lowest BCUT2D eigenvalue weighted by Crippen LogP contribution is -2.40. The van der Waals surface area contributed by atoms with E-state index in [9.17, 15) is 9.50 Å². The van der Waals surface area contributed by atoms with Gasteiger partial charge in [0.1, 0.15) is 5.82 Å². The summed E-state index contributed by atoms with van der Waals surface area (Å²) in [7, 11) is 0. The van der Waals surface area contributed by atoms with Crippen molar-refractivity contribution in [3.63, 3.8) is 0 Å². The van der Waals surface area contributed by atoms with Crippen molar-refractivity contribution < 1.29 is 9.50 Å². The van der Waals surface area contributed by atoms with Crippen LogP contribution in [0.1, 0.15) is 44.7 Å². The fraction of sp³-hybridized carbons (Fsp3) is 0.632. The van der Waals surface area contributed by atoms with Gasteiger partial charge >= 0.3 is 0 Å². The SMILES string of the molecule is CCNC(=NCc1ccc(F)c(C)c1)NCC(CCO)CC(C)C.I. The van der Waals surface area contributed by atoms with Gasteiger partial charge in [-0.1, -0.05) is 26.0 Å². The molecule has 6 heteroatoms. The average Bonchev–Trinajstić information content (AvgIpc) is 2.52. The summed E-state index contributed by atoms with van der Waals surface area (Å²) >= 11 is 0. The Morgan fingerprint density at radius 2 is 2.00 bits per heavy atom. The average molecular weight is 465 g/mol. The fourth-order valence-electron chi connectivity index (χ4n) is 2.71. The first-order valence-corrected chi connectivity index (χ1v) is 8.84. The zero-order valence-electron chi connectivity index (χ0n) is 15.8. The van der Waals surface area contributed by atoms with E-state index in [1.54, 1.807) is 13.0 Å². The van der Waals surface area contributed by atoms with E-state index in [1.165, 1.54) is 6.07 Å². The minimum atomic E-state index is -0.187. The first-order valence-electron chi connectivity index (χ1n) is 8.84. The second-order valence-corrected chi connectivity index (χ2v) is 6.67. The Balaban J connectivity index is 0.00000576. The number of halogens is 2. The maximum atomic E-state index is 13.3. The van der Waals surface area contributed by atoms with Crippen LogP contribution in [0.25, 0.3) is 0 Å². The molecule has 0 fully saturated rings. The van der Waals surface area contributed by atoms with Crippen LogP contribution in [0.5, 0.6) is 0 Å². The van der Waals surface area contributed by atoms with E-state index >= 15 is 0 Å². The van der Waals surface area contributed by atoms with Crippen LogP contribution in [0.2, 0.25) is 0 Å². The van der Waals surface area contributed by atoms with Gasteiger partial charge in [0.25, 0.3) is 0 Å². The van der Waals surface area contributed by atoms with Crippen LogP contribution in [0, 0.1) is 24.6 Å². The topological polar surface area (TPSA) is 56.7 Å². The Labute approximate surface area is 168 Å².